The molecule has 1 saturated carbocycles. The largest absolute Gasteiger partial charge is 0.341 e. The highest BCUT2D eigenvalue weighted by Crippen LogP contribution is 2.41. The standard InChI is InChI=1S/C22H30N6O2S/c1-15-6-7-16(2)18(12-15)23-19(29)13-26(3)20(30)14-31-22-25-24-21(27-10-4-5-11-27)28(22)17-8-9-17/h6-7,12,17H,4-5,8-11,13-14H2,1-3H3,(H,23,29). The summed E-state index contributed by atoms with van der Waals surface area (Å²) in [7, 11) is 1.66. The van der Waals surface area contributed by atoms with E-state index in [-0.39, 0.29) is 24.1 Å². The SMILES string of the molecule is Cc1ccc(C)c(NC(=O)CN(C)C(=O)CSc2nnc(N3CCCC3)n2C2CC2)c1. The van der Waals surface area contributed by atoms with Crippen LogP contribution in [0, 0.1) is 13.8 Å². The van der Waals surface area contributed by atoms with Crippen LogP contribution in [-0.2, 0) is 9.59 Å². The number of rotatable bonds is 8. The normalized spacial score (nSPS) is 15.9. The minimum atomic E-state index is -0.202. The van der Waals surface area contributed by atoms with Crippen LogP contribution in [0.25, 0.3) is 0 Å². The maximum atomic E-state index is 12.6. The fourth-order valence-electron chi connectivity index (χ4n) is 3.75. The molecule has 1 aliphatic heterocycles. The van der Waals surface area contributed by atoms with Crippen LogP contribution >= 0.6 is 11.8 Å². The van der Waals surface area contributed by atoms with Gasteiger partial charge in [0.25, 0.3) is 0 Å². The van der Waals surface area contributed by atoms with Crippen molar-refractivity contribution in [2.24, 2.45) is 0 Å². The second-order valence-corrected chi connectivity index (χ2v) is 9.43. The molecule has 1 aromatic heterocycles. The van der Waals surface area contributed by atoms with E-state index >= 15 is 0 Å². The predicted octanol–water partition coefficient (Wildman–Crippen LogP) is 3.02. The summed E-state index contributed by atoms with van der Waals surface area (Å²) in [5, 5.41) is 12.5. The summed E-state index contributed by atoms with van der Waals surface area (Å²) < 4.78 is 2.20. The molecule has 0 atom stereocenters. The number of carbonyl (C=O) groups excluding carboxylic acids is 2. The van der Waals surface area contributed by atoms with E-state index in [0.29, 0.717) is 6.04 Å². The minimum Gasteiger partial charge on any atom is -0.341 e. The quantitative estimate of drug-likeness (QED) is 0.633. The number of aromatic nitrogens is 3. The lowest BCUT2D eigenvalue weighted by molar-refractivity contribution is -0.131. The molecule has 166 valence electrons. The minimum absolute atomic E-state index is 0.0150. The molecule has 4 rings (SSSR count). The van der Waals surface area contributed by atoms with Crippen molar-refractivity contribution in [3.8, 4) is 0 Å². The summed E-state index contributed by atoms with van der Waals surface area (Å²) in [5.41, 5.74) is 2.86. The highest BCUT2D eigenvalue weighted by Gasteiger charge is 2.32. The van der Waals surface area contributed by atoms with E-state index in [1.54, 1.807) is 7.05 Å². The molecule has 9 heteroatoms. The Bertz CT molecular complexity index is 965. The van der Waals surface area contributed by atoms with Crippen molar-refractivity contribution in [1.29, 1.82) is 0 Å². The van der Waals surface area contributed by atoms with Crippen molar-refractivity contribution in [1.82, 2.24) is 19.7 Å². The molecule has 31 heavy (non-hydrogen) atoms. The zero-order chi connectivity index (χ0) is 22.0. The van der Waals surface area contributed by atoms with Gasteiger partial charge in [0, 0.05) is 31.9 Å². The molecule has 2 heterocycles. The van der Waals surface area contributed by atoms with Gasteiger partial charge in [0.05, 0.1) is 12.3 Å². The van der Waals surface area contributed by atoms with E-state index in [1.807, 2.05) is 32.0 Å². The predicted molar refractivity (Wildman–Crippen MR) is 123 cm³/mol. The van der Waals surface area contributed by atoms with Gasteiger partial charge in [0.1, 0.15) is 0 Å². The Balaban J connectivity index is 1.32. The molecule has 1 N–H and O–H groups in total. The Kier molecular flexibility index (Phi) is 6.50. The fourth-order valence-corrected chi connectivity index (χ4v) is 4.69. The molecule has 1 aliphatic carbocycles. The van der Waals surface area contributed by atoms with E-state index < -0.39 is 0 Å². The molecule has 1 saturated heterocycles. The molecule has 2 aromatic rings. The number of hydrogen-bond acceptors (Lipinski definition) is 6. The molecule has 2 fully saturated rings. The maximum Gasteiger partial charge on any atom is 0.243 e. The number of anilines is 2. The Hall–Kier alpha value is -2.55. The zero-order valence-electron chi connectivity index (χ0n) is 18.4. The molecule has 0 spiro atoms. The van der Waals surface area contributed by atoms with Crippen LogP contribution in [0.3, 0.4) is 0 Å². The van der Waals surface area contributed by atoms with Gasteiger partial charge in [-0.2, -0.15) is 0 Å². The van der Waals surface area contributed by atoms with Gasteiger partial charge in [0.15, 0.2) is 5.16 Å². The average Bonchev–Trinajstić information content (AvgIpc) is 3.25. The monoisotopic (exact) mass is 442 g/mol. The molecule has 2 amide bonds. The Morgan fingerprint density at radius 1 is 1.19 bits per heavy atom. The van der Waals surface area contributed by atoms with Gasteiger partial charge < -0.3 is 15.1 Å². The molecule has 0 bridgehead atoms. The number of likely N-dealkylation sites (N-methyl/N-ethyl adjacent to an activating group) is 1. The molecule has 2 aliphatic rings. The van der Waals surface area contributed by atoms with Crippen LogP contribution in [0.1, 0.15) is 42.9 Å². The van der Waals surface area contributed by atoms with Crippen LogP contribution in [-0.4, -0.2) is 63.9 Å². The number of hydrogen-bond donors (Lipinski definition) is 1. The van der Waals surface area contributed by atoms with Crippen LogP contribution in [0.4, 0.5) is 11.6 Å². The van der Waals surface area contributed by atoms with Gasteiger partial charge in [-0.25, -0.2) is 0 Å². The number of nitrogens with zero attached hydrogens (tertiary/aromatic N) is 5. The summed E-state index contributed by atoms with van der Waals surface area (Å²) in [6.45, 7) is 5.99. The number of thioether (sulfide) groups is 1. The van der Waals surface area contributed by atoms with Crippen molar-refractivity contribution in [3.05, 3.63) is 29.3 Å². The first-order chi connectivity index (χ1) is 14.9. The van der Waals surface area contributed by atoms with Crippen LogP contribution in [0.15, 0.2) is 23.4 Å². The Morgan fingerprint density at radius 2 is 1.94 bits per heavy atom. The molecule has 8 nitrogen and oxygen atoms in total. The Labute approximate surface area is 187 Å². The molecule has 0 unspecified atom stereocenters. The molecule has 0 radical (unpaired) electrons. The Morgan fingerprint density at radius 3 is 2.65 bits per heavy atom. The third kappa shape index (κ3) is 5.20. The first kappa shape index (κ1) is 21.7. The number of aryl methyl sites for hydroxylation is 2. The van der Waals surface area contributed by atoms with Crippen molar-refractivity contribution in [2.75, 3.05) is 42.7 Å². The van der Waals surface area contributed by atoms with Crippen molar-refractivity contribution >= 4 is 35.2 Å². The summed E-state index contributed by atoms with van der Waals surface area (Å²) in [5.74, 6) is 0.871. The van der Waals surface area contributed by atoms with Crippen molar-refractivity contribution < 1.29 is 9.59 Å². The van der Waals surface area contributed by atoms with Crippen molar-refractivity contribution in [3.63, 3.8) is 0 Å². The second-order valence-electron chi connectivity index (χ2n) is 8.48. The number of carbonyl (C=O) groups is 2. The number of benzene rings is 1. The van der Waals surface area contributed by atoms with E-state index in [4.69, 9.17) is 0 Å². The summed E-state index contributed by atoms with van der Waals surface area (Å²) in [6, 6.07) is 6.37. The highest BCUT2D eigenvalue weighted by atomic mass is 32.2. The van der Waals surface area contributed by atoms with Gasteiger partial charge in [-0.3, -0.25) is 14.2 Å². The average molecular weight is 443 g/mol. The molecular weight excluding hydrogens is 412 g/mol. The summed E-state index contributed by atoms with van der Waals surface area (Å²) >= 11 is 1.41. The topological polar surface area (TPSA) is 83.4 Å². The van der Waals surface area contributed by atoms with E-state index in [9.17, 15) is 9.59 Å². The van der Waals surface area contributed by atoms with Crippen LogP contribution < -0.4 is 10.2 Å². The van der Waals surface area contributed by atoms with E-state index in [2.05, 4.69) is 25.0 Å². The first-order valence-electron chi connectivity index (χ1n) is 10.9. The highest BCUT2D eigenvalue weighted by molar-refractivity contribution is 7.99. The second kappa shape index (κ2) is 9.30. The van der Waals surface area contributed by atoms with Crippen molar-refractivity contribution in [2.45, 2.75) is 50.7 Å². The third-order valence-corrected chi connectivity index (χ3v) is 6.67. The fraction of sp³-hybridized carbons (Fsp3) is 0.545. The number of amides is 2. The lowest BCUT2D eigenvalue weighted by Crippen LogP contribution is -2.36. The molecular formula is C22H30N6O2S. The zero-order valence-corrected chi connectivity index (χ0v) is 19.2. The van der Waals surface area contributed by atoms with Gasteiger partial charge >= 0.3 is 0 Å². The first-order valence-corrected chi connectivity index (χ1v) is 11.8. The van der Waals surface area contributed by atoms with Gasteiger partial charge in [0.2, 0.25) is 17.8 Å². The third-order valence-electron chi connectivity index (χ3n) is 5.75. The number of nitrogens with one attached hydrogen (secondary N) is 1. The molecule has 1 aromatic carbocycles. The van der Waals surface area contributed by atoms with Gasteiger partial charge in [-0.05, 0) is 56.7 Å². The lowest BCUT2D eigenvalue weighted by atomic mass is 10.1. The smallest absolute Gasteiger partial charge is 0.243 e. The van der Waals surface area contributed by atoms with Crippen LogP contribution in [0.5, 0.6) is 0 Å². The van der Waals surface area contributed by atoms with Gasteiger partial charge in [-0.15, -0.1) is 10.2 Å². The lowest BCUT2D eigenvalue weighted by Gasteiger charge is -2.19. The van der Waals surface area contributed by atoms with E-state index in [0.717, 1.165) is 53.9 Å². The van der Waals surface area contributed by atoms with E-state index in [1.165, 1.54) is 29.5 Å². The maximum absolute atomic E-state index is 12.6. The van der Waals surface area contributed by atoms with Crippen LogP contribution in [0.2, 0.25) is 0 Å². The summed E-state index contributed by atoms with van der Waals surface area (Å²) in [4.78, 5) is 28.8. The van der Waals surface area contributed by atoms with Gasteiger partial charge in [-0.1, -0.05) is 23.9 Å². The summed E-state index contributed by atoms with van der Waals surface area (Å²) in [6.07, 6.45) is 4.65.